The minimum Gasteiger partial charge on any atom is -0.484 e. The third-order valence-corrected chi connectivity index (χ3v) is 5.08. The van der Waals surface area contributed by atoms with E-state index < -0.39 is 5.91 Å². The fourth-order valence-corrected chi connectivity index (χ4v) is 3.72. The minimum atomic E-state index is -0.541. The van der Waals surface area contributed by atoms with Gasteiger partial charge in [-0.2, -0.15) is 0 Å². The van der Waals surface area contributed by atoms with Gasteiger partial charge in [-0.25, -0.2) is 4.99 Å². The van der Waals surface area contributed by atoms with Crippen LogP contribution in [0.25, 0.3) is 6.08 Å². The predicted molar refractivity (Wildman–Crippen MR) is 112 cm³/mol. The number of primary amides is 1. The second-order valence-electron chi connectivity index (χ2n) is 6.17. The number of para-hydroxylation sites is 1. The molecule has 28 heavy (non-hydrogen) atoms. The molecule has 3 rings (SSSR count). The quantitative estimate of drug-likeness (QED) is 0.759. The lowest BCUT2D eigenvalue weighted by atomic mass is 10.2. The molecule has 0 saturated carbocycles. The summed E-state index contributed by atoms with van der Waals surface area (Å²) in [4.78, 5) is 30.6. The van der Waals surface area contributed by atoms with E-state index in [4.69, 9.17) is 10.5 Å². The minimum absolute atomic E-state index is 0.0803. The van der Waals surface area contributed by atoms with Crippen LogP contribution in [0.5, 0.6) is 5.75 Å². The highest BCUT2D eigenvalue weighted by molar-refractivity contribution is 8.18. The lowest BCUT2D eigenvalue weighted by Gasteiger charge is -2.12. The fraction of sp³-hybridized carbons (Fsp3) is 0.190. The smallest absolute Gasteiger partial charge is 0.266 e. The van der Waals surface area contributed by atoms with Gasteiger partial charge in [0, 0.05) is 6.54 Å². The summed E-state index contributed by atoms with van der Waals surface area (Å²) in [5, 5.41) is 0.661. The molecule has 6 nitrogen and oxygen atoms in total. The second-order valence-corrected chi connectivity index (χ2v) is 7.18. The van der Waals surface area contributed by atoms with E-state index in [-0.39, 0.29) is 12.5 Å². The maximum Gasteiger partial charge on any atom is 0.266 e. The zero-order chi connectivity index (χ0) is 20.1. The number of hydrogen-bond acceptors (Lipinski definition) is 5. The summed E-state index contributed by atoms with van der Waals surface area (Å²) in [5.41, 5.74) is 7.80. The van der Waals surface area contributed by atoms with Crippen molar-refractivity contribution in [3.8, 4) is 5.75 Å². The largest absolute Gasteiger partial charge is 0.484 e. The Morgan fingerprint density at radius 1 is 1.25 bits per heavy atom. The van der Waals surface area contributed by atoms with Crippen molar-refractivity contribution in [1.29, 1.82) is 0 Å². The van der Waals surface area contributed by atoms with E-state index in [9.17, 15) is 9.59 Å². The Balaban J connectivity index is 1.87. The molecule has 0 spiro atoms. The van der Waals surface area contributed by atoms with E-state index in [1.807, 2.05) is 44.2 Å². The lowest BCUT2D eigenvalue weighted by Crippen LogP contribution is -2.28. The number of carbonyl (C=O) groups excluding carboxylic acids is 2. The van der Waals surface area contributed by atoms with Crippen molar-refractivity contribution >= 4 is 40.5 Å². The molecule has 1 aliphatic rings. The van der Waals surface area contributed by atoms with Crippen molar-refractivity contribution in [2.45, 2.75) is 13.8 Å². The van der Waals surface area contributed by atoms with Gasteiger partial charge >= 0.3 is 0 Å². The molecule has 7 heteroatoms. The summed E-state index contributed by atoms with van der Waals surface area (Å²) < 4.78 is 5.33. The van der Waals surface area contributed by atoms with Crippen LogP contribution in [-0.2, 0) is 9.59 Å². The monoisotopic (exact) mass is 395 g/mol. The van der Waals surface area contributed by atoms with Gasteiger partial charge in [-0.3, -0.25) is 14.5 Å². The first kappa shape index (κ1) is 19.7. The summed E-state index contributed by atoms with van der Waals surface area (Å²) in [5.74, 6) is -0.103. The molecule has 144 valence electrons. The van der Waals surface area contributed by atoms with Crippen LogP contribution in [0.1, 0.15) is 18.1 Å². The topological polar surface area (TPSA) is 85.0 Å². The Kier molecular flexibility index (Phi) is 6.16. The molecule has 1 aliphatic heterocycles. The van der Waals surface area contributed by atoms with E-state index in [1.165, 1.54) is 11.8 Å². The highest BCUT2D eigenvalue weighted by Crippen LogP contribution is 2.34. The van der Waals surface area contributed by atoms with Crippen LogP contribution in [0.15, 0.2) is 58.4 Å². The van der Waals surface area contributed by atoms with Gasteiger partial charge in [-0.1, -0.05) is 30.3 Å². The third-order valence-electron chi connectivity index (χ3n) is 4.07. The number of aliphatic imine (C=N–C) groups is 1. The van der Waals surface area contributed by atoms with Crippen molar-refractivity contribution in [3.63, 3.8) is 0 Å². The highest BCUT2D eigenvalue weighted by atomic mass is 32.2. The SMILES string of the molecule is CCN1C(=O)/C(=C\c2cccc(OCC(N)=O)c2)SC1=Nc1ccccc1C. The number of likely N-dealkylation sites (N-methyl/N-ethyl adjacent to an activating group) is 1. The number of amidine groups is 1. The third kappa shape index (κ3) is 4.61. The average molecular weight is 395 g/mol. The summed E-state index contributed by atoms with van der Waals surface area (Å²) in [6.45, 7) is 4.26. The zero-order valence-corrected chi connectivity index (χ0v) is 16.5. The van der Waals surface area contributed by atoms with Crippen molar-refractivity contribution in [2.24, 2.45) is 10.7 Å². The van der Waals surface area contributed by atoms with Gasteiger partial charge in [0.15, 0.2) is 11.8 Å². The Hall–Kier alpha value is -3.06. The first-order valence-corrected chi connectivity index (χ1v) is 9.66. The number of amides is 2. The number of nitrogens with zero attached hydrogens (tertiary/aromatic N) is 2. The van der Waals surface area contributed by atoms with Gasteiger partial charge in [0.25, 0.3) is 11.8 Å². The Morgan fingerprint density at radius 2 is 2.04 bits per heavy atom. The van der Waals surface area contributed by atoms with Crippen LogP contribution in [0.2, 0.25) is 0 Å². The van der Waals surface area contributed by atoms with Gasteiger partial charge < -0.3 is 10.5 Å². The van der Waals surface area contributed by atoms with Gasteiger partial charge in [0.2, 0.25) is 0 Å². The lowest BCUT2D eigenvalue weighted by molar-refractivity contribution is -0.122. The molecule has 2 N–H and O–H groups in total. The van der Waals surface area contributed by atoms with Crippen molar-refractivity contribution in [2.75, 3.05) is 13.2 Å². The summed E-state index contributed by atoms with van der Waals surface area (Å²) in [6, 6.07) is 15.0. The van der Waals surface area contributed by atoms with Crippen molar-refractivity contribution in [1.82, 2.24) is 4.90 Å². The van der Waals surface area contributed by atoms with Crippen LogP contribution < -0.4 is 10.5 Å². The number of hydrogen-bond donors (Lipinski definition) is 1. The summed E-state index contributed by atoms with van der Waals surface area (Å²) >= 11 is 1.35. The highest BCUT2D eigenvalue weighted by Gasteiger charge is 2.32. The predicted octanol–water partition coefficient (Wildman–Crippen LogP) is 3.48. The molecular weight excluding hydrogens is 374 g/mol. The molecule has 1 heterocycles. The van der Waals surface area contributed by atoms with Gasteiger partial charge in [-0.15, -0.1) is 0 Å². The molecule has 2 aromatic rings. The van der Waals surface area contributed by atoms with Gasteiger partial charge in [0.05, 0.1) is 10.6 Å². The summed E-state index contributed by atoms with van der Waals surface area (Å²) in [6.07, 6.45) is 1.80. The normalized spacial score (nSPS) is 16.8. The molecule has 1 saturated heterocycles. The number of nitrogens with two attached hydrogens (primary N) is 1. The van der Waals surface area contributed by atoms with E-state index in [0.717, 1.165) is 16.8 Å². The molecule has 0 aromatic heterocycles. The molecular formula is C21H21N3O3S. The maximum atomic E-state index is 12.8. The standard InChI is InChI=1S/C21H21N3O3S/c1-3-24-20(26)18(28-21(24)23-17-10-5-4-7-14(17)2)12-15-8-6-9-16(11-15)27-13-19(22)25/h4-12H,3,13H2,1-2H3,(H2,22,25)/b18-12+,23-21?. The van der Waals surface area contributed by atoms with Crippen molar-refractivity contribution in [3.05, 3.63) is 64.6 Å². The molecule has 2 aromatic carbocycles. The molecule has 0 aliphatic carbocycles. The van der Waals surface area contributed by atoms with Gasteiger partial charge in [0.1, 0.15) is 5.75 Å². The number of ether oxygens (including phenoxy) is 1. The first-order valence-electron chi connectivity index (χ1n) is 8.85. The number of carbonyl (C=O) groups is 2. The number of benzene rings is 2. The van der Waals surface area contributed by atoms with Crippen LogP contribution in [0.4, 0.5) is 5.69 Å². The molecule has 0 atom stereocenters. The molecule has 0 bridgehead atoms. The zero-order valence-electron chi connectivity index (χ0n) is 15.7. The van der Waals surface area contributed by atoms with Crippen molar-refractivity contribution < 1.29 is 14.3 Å². The molecule has 2 amide bonds. The van der Waals surface area contributed by atoms with E-state index in [0.29, 0.717) is 22.4 Å². The summed E-state index contributed by atoms with van der Waals surface area (Å²) in [7, 11) is 0. The van der Waals surface area contributed by atoms with Crippen LogP contribution in [0.3, 0.4) is 0 Å². The maximum absolute atomic E-state index is 12.8. The van der Waals surface area contributed by atoms with E-state index >= 15 is 0 Å². The Bertz CT molecular complexity index is 969. The van der Waals surface area contributed by atoms with Crippen LogP contribution in [0, 0.1) is 6.92 Å². The van der Waals surface area contributed by atoms with Gasteiger partial charge in [-0.05, 0) is 61.0 Å². The number of thioether (sulfide) groups is 1. The molecule has 1 fully saturated rings. The second kappa shape index (κ2) is 8.75. The Morgan fingerprint density at radius 3 is 2.75 bits per heavy atom. The first-order chi connectivity index (χ1) is 13.5. The Labute approximate surface area is 168 Å². The van der Waals surface area contributed by atoms with Crippen LogP contribution >= 0.6 is 11.8 Å². The number of rotatable bonds is 6. The van der Waals surface area contributed by atoms with E-state index in [2.05, 4.69) is 4.99 Å². The van der Waals surface area contributed by atoms with Crippen LogP contribution in [-0.4, -0.2) is 35.0 Å². The average Bonchev–Trinajstić information content (AvgIpc) is 2.96. The van der Waals surface area contributed by atoms with E-state index in [1.54, 1.807) is 29.2 Å². The molecule has 0 radical (unpaired) electrons. The fourth-order valence-electron chi connectivity index (χ4n) is 2.66. The molecule has 0 unspecified atom stereocenters. The number of aryl methyl sites for hydroxylation is 1.